The number of aryl methyl sites for hydroxylation is 1. The Hall–Kier alpha value is -3.35. The van der Waals surface area contributed by atoms with Gasteiger partial charge in [0, 0.05) is 13.1 Å². The quantitative estimate of drug-likeness (QED) is 0.301. The van der Waals surface area contributed by atoms with Crippen molar-refractivity contribution in [1.29, 1.82) is 0 Å². The average Bonchev–Trinajstić information content (AvgIpc) is 2.89. The van der Waals surface area contributed by atoms with Gasteiger partial charge in [0.25, 0.3) is 0 Å². The summed E-state index contributed by atoms with van der Waals surface area (Å²) in [6, 6.07) is 16.7. The van der Waals surface area contributed by atoms with Crippen molar-refractivity contribution in [1.82, 2.24) is 15.5 Å². The van der Waals surface area contributed by atoms with E-state index in [9.17, 15) is 14.4 Å². The highest BCUT2D eigenvalue weighted by Gasteiger charge is 2.31. The molecular weight excluding hydrogens is 478 g/mol. The fraction of sp³-hybridized carbons (Fsp3) is 0.516. The molecule has 1 atom stereocenters. The lowest BCUT2D eigenvalue weighted by Crippen LogP contribution is -2.48. The van der Waals surface area contributed by atoms with Gasteiger partial charge in [-0.1, -0.05) is 94.1 Å². The van der Waals surface area contributed by atoms with Crippen LogP contribution in [0.4, 0.5) is 4.79 Å². The van der Waals surface area contributed by atoms with Crippen molar-refractivity contribution in [3.63, 3.8) is 0 Å². The van der Waals surface area contributed by atoms with Gasteiger partial charge >= 0.3 is 6.09 Å². The van der Waals surface area contributed by atoms with E-state index in [0.29, 0.717) is 13.1 Å². The Labute approximate surface area is 228 Å². The molecule has 0 aliphatic rings. The summed E-state index contributed by atoms with van der Waals surface area (Å²) in [7, 11) is 0. The van der Waals surface area contributed by atoms with E-state index >= 15 is 0 Å². The molecule has 1 unspecified atom stereocenters. The lowest BCUT2D eigenvalue weighted by molar-refractivity contribution is -0.140. The second-order valence-corrected chi connectivity index (χ2v) is 10.6. The predicted molar refractivity (Wildman–Crippen MR) is 152 cm³/mol. The topological polar surface area (TPSA) is 87.7 Å². The summed E-state index contributed by atoms with van der Waals surface area (Å²) in [4.78, 5) is 41.0. The predicted octanol–water partition coefficient (Wildman–Crippen LogP) is 5.93. The molecule has 3 amide bonds. The Balaban J connectivity index is 2.29. The molecule has 0 aliphatic heterocycles. The Bertz CT molecular complexity index is 1000. The highest BCUT2D eigenvalue weighted by Crippen LogP contribution is 2.24. The maximum Gasteiger partial charge on any atom is 0.408 e. The second kappa shape index (κ2) is 15.8. The van der Waals surface area contributed by atoms with Crippen LogP contribution in [0.3, 0.4) is 0 Å². The molecule has 0 fully saturated rings. The van der Waals surface area contributed by atoms with Crippen LogP contribution in [0.5, 0.6) is 0 Å². The Kier molecular flexibility index (Phi) is 12.8. The maximum atomic E-state index is 13.7. The largest absolute Gasteiger partial charge is 0.444 e. The number of alkyl carbamates (subject to hydrolysis) is 1. The van der Waals surface area contributed by atoms with Gasteiger partial charge in [0.15, 0.2) is 0 Å². The second-order valence-electron chi connectivity index (χ2n) is 10.6. The van der Waals surface area contributed by atoms with Gasteiger partial charge in [-0.3, -0.25) is 9.59 Å². The number of nitrogens with zero attached hydrogens (tertiary/aromatic N) is 1. The first-order valence-corrected chi connectivity index (χ1v) is 13.8. The number of unbranched alkanes of at least 4 members (excludes halogenated alkanes) is 4. The molecule has 0 aromatic heterocycles. The van der Waals surface area contributed by atoms with Crippen LogP contribution in [0.15, 0.2) is 54.6 Å². The number of carbonyl (C=O) groups excluding carboxylic acids is 3. The molecule has 0 bridgehead atoms. The van der Waals surface area contributed by atoms with Crippen LogP contribution < -0.4 is 10.6 Å². The third kappa shape index (κ3) is 11.0. The van der Waals surface area contributed by atoms with Crippen molar-refractivity contribution >= 4 is 17.9 Å². The van der Waals surface area contributed by atoms with Crippen LogP contribution in [0.25, 0.3) is 0 Å². The van der Waals surface area contributed by atoms with Gasteiger partial charge in [-0.2, -0.15) is 0 Å². The summed E-state index contributed by atoms with van der Waals surface area (Å²) in [6.45, 7) is 10.1. The first-order valence-electron chi connectivity index (χ1n) is 13.8. The molecule has 0 radical (unpaired) electrons. The fourth-order valence-corrected chi connectivity index (χ4v) is 4.14. The number of nitrogens with one attached hydrogen (secondary N) is 2. The number of rotatable bonds is 14. The SMILES string of the molecule is CCCCCCCN(C(=O)CNC(=O)OC(C)(C)C)C(C(=O)NCc1ccccc1)c1ccc(CC)cc1. The molecule has 0 aliphatic carbocycles. The number of amides is 3. The van der Waals surface area contributed by atoms with Crippen molar-refractivity contribution in [2.24, 2.45) is 0 Å². The molecule has 38 heavy (non-hydrogen) atoms. The molecule has 0 spiro atoms. The minimum Gasteiger partial charge on any atom is -0.444 e. The number of benzene rings is 2. The van der Waals surface area contributed by atoms with Crippen LogP contribution >= 0.6 is 0 Å². The summed E-state index contributed by atoms with van der Waals surface area (Å²) in [5.41, 5.74) is 2.20. The Morgan fingerprint density at radius 3 is 2.11 bits per heavy atom. The summed E-state index contributed by atoms with van der Waals surface area (Å²) in [5, 5.41) is 5.59. The van der Waals surface area contributed by atoms with E-state index in [0.717, 1.165) is 55.2 Å². The molecule has 2 aromatic carbocycles. The highest BCUT2D eigenvalue weighted by molar-refractivity contribution is 5.90. The van der Waals surface area contributed by atoms with E-state index in [1.807, 2.05) is 54.6 Å². The van der Waals surface area contributed by atoms with Gasteiger partial charge in [-0.15, -0.1) is 0 Å². The van der Waals surface area contributed by atoms with E-state index < -0.39 is 17.7 Å². The molecular formula is C31H45N3O4. The Morgan fingerprint density at radius 2 is 1.50 bits per heavy atom. The molecule has 7 nitrogen and oxygen atoms in total. The zero-order valence-electron chi connectivity index (χ0n) is 23.7. The van der Waals surface area contributed by atoms with Crippen LogP contribution in [0, 0.1) is 0 Å². The lowest BCUT2D eigenvalue weighted by atomic mass is 10.0. The molecule has 0 saturated heterocycles. The van der Waals surface area contributed by atoms with Crippen molar-refractivity contribution in [2.75, 3.05) is 13.1 Å². The van der Waals surface area contributed by atoms with Gasteiger partial charge in [-0.05, 0) is 50.3 Å². The third-order valence-electron chi connectivity index (χ3n) is 6.18. The normalized spacial score (nSPS) is 11.9. The molecule has 2 rings (SSSR count). The first kappa shape index (κ1) is 30.9. The van der Waals surface area contributed by atoms with Crippen molar-refractivity contribution in [3.05, 3.63) is 71.3 Å². The molecule has 0 saturated carbocycles. The first-order chi connectivity index (χ1) is 18.1. The van der Waals surface area contributed by atoms with Gasteiger partial charge in [0.1, 0.15) is 18.2 Å². The zero-order chi connectivity index (χ0) is 28.0. The monoisotopic (exact) mass is 523 g/mol. The standard InChI is InChI=1S/C31H45N3O4/c1-6-8-9-10-14-21-34(27(35)23-33-30(37)38-31(3,4)5)28(26-19-17-24(7-2)18-20-26)29(36)32-22-25-15-12-11-13-16-25/h11-13,15-20,28H,6-10,14,21-23H2,1-5H3,(H,32,36)(H,33,37). The minimum absolute atomic E-state index is 0.251. The Morgan fingerprint density at radius 1 is 0.842 bits per heavy atom. The van der Waals surface area contributed by atoms with Gasteiger partial charge in [0.05, 0.1) is 0 Å². The summed E-state index contributed by atoms with van der Waals surface area (Å²) < 4.78 is 5.30. The van der Waals surface area contributed by atoms with E-state index in [2.05, 4.69) is 24.5 Å². The molecule has 2 aromatic rings. The molecule has 0 heterocycles. The van der Waals surface area contributed by atoms with E-state index in [1.54, 1.807) is 25.7 Å². The van der Waals surface area contributed by atoms with Crippen LogP contribution in [0.1, 0.15) is 89.5 Å². The molecule has 7 heteroatoms. The summed E-state index contributed by atoms with van der Waals surface area (Å²) in [6.07, 6.45) is 5.28. The smallest absolute Gasteiger partial charge is 0.408 e. The number of ether oxygens (including phenoxy) is 1. The van der Waals surface area contributed by atoms with Gasteiger partial charge in [-0.25, -0.2) is 4.79 Å². The average molecular weight is 524 g/mol. The molecule has 2 N–H and O–H groups in total. The maximum absolute atomic E-state index is 13.7. The number of hydrogen-bond acceptors (Lipinski definition) is 4. The number of hydrogen-bond donors (Lipinski definition) is 2. The highest BCUT2D eigenvalue weighted by atomic mass is 16.6. The van der Waals surface area contributed by atoms with Crippen molar-refractivity contribution in [2.45, 2.75) is 91.3 Å². The summed E-state index contributed by atoms with van der Waals surface area (Å²) in [5.74, 6) is -0.581. The number of carbonyl (C=O) groups is 3. The zero-order valence-corrected chi connectivity index (χ0v) is 23.7. The van der Waals surface area contributed by atoms with E-state index in [1.165, 1.54) is 0 Å². The molecule has 208 valence electrons. The van der Waals surface area contributed by atoms with Gasteiger partial charge < -0.3 is 20.3 Å². The van der Waals surface area contributed by atoms with Crippen LogP contribution in [-0.4, -0.2) is 41.5 Å². The van der Waals surface area contributed by atoms with Gasteiger partial charge in [0.2, 0.25) is 11.8 Å². The fourth-order valence-electron chi connectivity index (χ4n) is 4.14. The van der Waals surface area contributed by atoms with Crippen molar-refractivity contribution < 1.29 is 19.1 Å². The van der Waals surface area contributed by atoms with Crippen molar-refractivity contribution in [3.8, 4) is 0 Å². The van der Waals surface area contributed by atoms with E-state index in [-0.39, 0.29) is 18.4 Å². The van der Waals surface area contributed by atoms with E-state index in [4.69, 9.17) is 4.74 Å². The third-order valence-corrected chi connectivity index (χ3v) is 6.18. The summed E-state index contributed by atoms with van der Waals surface area (Å²) >= 11 is 0. The lowest BCUT2D eigenvalue weighted by Gasteiger charge is -2.32. The minimum atomic E-state index is -0.816. The van der Waals surface area contributed by atoms with Crippen LogP contribution in [0.2, 0.25) is 0 Å². The van der Waals surface area contributed by atoms with Crippen LogP contribution in [-0.2, 0) is 27.3 Å².